The van der Waals surface area contributed by atoms with E-state index in [1.54, 1.807) is 0 Å². The van der Waals surface area contributed by atoms with E-state index in [1.165, 1.54) is 27.4 Å². The lowest BCUT2D eigenvalue weighted by Gasteiger charge is -2.34. The number of aryl methyl sites for hydroxylation is 2. The van der Waals surface area contributed by atoms with Crippen LogP contribution in [0.4, 0.5) is 0 Å². The maximum absolute atomic E-state index is 7.65. The summed E-state index contributed by atoms with van der Waals surface area (Å²) in [6, 6.07) is 21.7. The molecule has 0 saturated carbocycles. The van der Waals surface area contributed by atoms with Crippen LogP contribution in [0.25, 0.3) is 45.1 Å². The van der Waals surface area contributed by atoms with E-state index in [0.29, 0.717) is 0 Å². The molecule has 4 aliphatic heterocycles. The van der Waals surface area contributed by atoms with E-state index >= 15 is 0 Å². The highest BCUT2D eigenvalue weighted by molar-refractivity contribution is 7.41. The van der Waals surface area contributed by atoms with Gasteiger partial charge in [-0.1, -0.05) is 68.8 Å². The fourth-order valence-electron chi connectivity index (χ4n) is 8.81. The number of rotatable bonds is 4. The summed E-state index contributed by atoms with van der Waals surface area (Å²) in [5, 5.41) is 0.347. The molecular formula is C36H32B2Cl4N4. The molecule has 0 unspecified atom stereocenters. The highest BCUT2D eigenvalue weighted by Crippen LogP contribution is 2.49. The van der Waals surface area contributed by atoms with Gasteiger partial charge in [-0.25, -0.2) is 0 Å². The van der Waals surface area contributed by atoms with Crippen LogP contribution in [0.5, 0.6) is 0 Å². The number of hydrogen-bond acceptors (Lipinski definition) is 0. The van der Waals surface area contributed by atoms with Crippen molar-refractivity contribution in [2.75, 3.05) is 0 Å². The van der Waals surface area contributed by atoms with E-state index in [-0.39, 0.29) is 0 Å². The number of nitrogens with zero attached hydrogens (tertiary/aromatic N) is 4. The summed E-state index contributed by atoms with van der Waals surface area (Å²) < 4.78 is 8.71. The van der Waals surface area contributed by atoms with E-state index in [0.717, 1.165) is 87.7 Å². The minimum absolute atomic E-state index is 0.850. The van der Waals surface area contributed by atoms with Gasteiger partial charge < -0.3 is 17.9 Å². The molecule has 0 N–H and O–H groups in total. The SMILES string of the molecule is CCCC1=[N+]2C(=Cc3c4ccccc4c(CCC)n3[B-]2(Cl)Cl)c2cc3c(cc21)C1=Cc2c4ccccc4c(C)n2[B-](Cl)(Cl)[N+]1=C3C. The molecule has 4 nitrogen and oxygen atoms in total. The second-order valence-electron chi connectivity index (χ2n) is 13.1. The predicted octanol–water partition coefficient (Wildman–Crippen LogP) is 9.85. The molecule has 10 heteroatoms. The van der Waals surface area contributed by atoms with Crippen LogP contribution in [0.2, 0.25) is 0 Å². The molecule has 0 spiro atoms. The molecule has 3 aromatic carbocycles. The molecule has 0 atom stereocenters. The largest absolute Gasteiger partial charge is 0.554 e. The minimum Gasteiger partial charge on any atom is -0.429 e. The van der Waals surface area contributed by atoms with Crippen molar-refractivity contribution < 1.29 is 8.97 Å². The van der Waals surface area contributed by atoms with Crippen LogP contribution in [-0.2, 0) is 6.42 Å². The number of fused-ring (bicyclic) bond motifs is 12. The summed E-state index contributed by atoms with van der Waals surface area (Å²) in [5.74, 6) is 0. The van der Waals surface area contributed by atoms with Crippen LogP contribution in [-0.4, -0.2) is 39.8 Å². The molecule has 5 aromatic rings. The topological polar surface area (TPSA) is 15.9 Å². The Bertz CT molecular complexity index is 2370. The highest BCUT2D eigenvalue weighted by atomic mass is 35.5. The first-order valence-electron chi connectivity index (χ1n) is 16.3. The summed E-state index contributed by atoms with van der Waals surface area (Å²) in [6.45, 7) is 8.65. The normalized spacial score (nSPS) is 18.3. The van der Waals surface area contributed by atoms with Gasteiger partial charge in [-0.2, -0.15) is 0 Å². The third kappa shape index (κ3) is 3.46. The van der Waals surface area contributed by atoms with Crippen molar-refractivity contribution in [1.29, 1.82) is 0 Å². The first-order chi connectivity index (χ1) is 22.1. The maximum Gasteiger partial charge on any atom is 0.554 e. The zero-order valence-electron chi connectivity index (χ0n) is 26.2. The number of hydrogen-bond donors (Lipinski definition) is 0. The third-order valence-electron chi connectivity index (χ3n) is 10.6. The van der Waals surface area contributed by atoms with Gasteiger partial charge in [-0.3, -0.25) is 45.8 Å². The molecule has 0 radical (unpaired) electrons. The van der Waals surface area contributed by atoms with E-state index < -0.39 is 10.5 Å². The second-order valence-corrected chi connectivity index (χ2v) is 16.0. The Hall–Kier alpha value is -3.15. The number of halogens is 4. The zero-order valence-corrected chi connectivity index (χ0v) is 29.2. The first-order valence-corrected chi connectivity index (χ1v) is 18.0. The molecule has 0 saturated heterocycles. The van der Waals surface area contributed by atoms with E-state index in [4.69, 9.17) is 45.8 Å². The zero-order chi connectivity index (χ0) is 31.9. The van der Waals surface area contributed by atoms with Gasteiger partial charge in [-0.15, -0.1) is 0 Å². The lowest BCUT2D eigenvalue weighted by molar-refractivity contribution is -0.276. The Kier molecular flexibility index (Phi) is 6.12. The van der Waals surface area contributed by atoms with Crippen molar-refractivity contribution in [2.45, 2.75) is 53.4 Å². The quantitative estimate of drug-likeness (QED) is 0.168. The van der Waals surface area contributed by atoms with Crippen molar-refractivity contribution >= 4 is 113 Å². The third-order valence-corrected chi connectivity index (χ3v) is 12.2. The lowest BCUT2D eigenvalue weighted by Crippen LogP contribution is -2.48. The van der Waals surface area contributed by atoms with Crippen LogP contribution >= 0.6 is 45.8 Å². The van der Waals surface area contributed by atoms with Crippen molar-refractivity contribution in [1.82, 2.24) is 8.96 Å². The average molecular weight is 684 g/mol. The van der Waals surface area contributed by atoms with E-state index in [9.17, 15) is 0 Å². The van der Waals surface area contributed by atoms with Gasteiger partial charge in [0, 0.05) is 47.7 Å². The summed E-state index contributed by atoms with van der Waals surface area (Å²) in [4.78, 5) is 0. The smallest absolute Gasteiger partial charge is 0.429 e. The molecular weight excluding hydrogens is 652 g/mol. The summed E-state index contributed by atoms with van der Waals surface area (Å²) in [6.07, 6.45) is 8.28. The van der Waals surface area contributed by atoms with E-state index in [1.807, 2.05) is 0 Å². The Morgan fingerprint density at radius 2 is 1.13 bits per heavy atom. The van der Waals surface area contributed by atoms with Crippen LogP contribution in [0.1, 0.15) is 85.1 Å². The van der Waals surface area contributed by atoms with Gasteiger partial charge in [0.05, 0.1) is 22.3 Å². The highest BCUT2D eigenvalue weighted by Gasteiger charge is 2.53. The van der Waals surface area contributed by atoms with Gasteiger partial charge in [0.2, 0.25) is 0 Å². The number of aromatic nitrogens is 2. The number of benzene rings is 3. The average Bonchev–Trinajstić information content (AvgIpc) is 3.71. The van der Waals surface area contributed by atoms with Gasteiger partial charge in [0.1, 0.15) is 11.4 Å². The molecule has 6 heterocycles. The second kappa shape index (κ2) is 9.70. The van der Waals surface area contributed by atoms with Gasteiger partial charge in [-0.05, 0) is 54.1 Å². The van der Waals surface area contributed by atoms with Gasteiger partial charge in [0.15, 0.2) is 11.4 Å². The molecule has 0 fully saturated rings. The molecule has 0 amide bonds. The molecule has 46 heavy (non-hydrogen) atoms. The fraction of sp³-hybridized carbons (Fsp3) is 0.222. The Labute approximate surface area is 288 Å². The van der Waals surface area contributed by atoms with Gasteiger partial charge >= 0.3 is 10.5 Å². The Morgan fingerprint density at radius 1 is 0.609 bits per heavy atom. The molecule has 0 aliphatic carbocycles. The standard InChI is InChI=1S/C36H32B2Cl4N4/c1-5-11-31-25-15-9-10-16-26(25)34-20-36-30-17-27-22(4)44-35(19-33-24-14-8-7-13-23(24)21(3)43(33)37(44,39)40)28(27)18-29(30)32(12-6-2)46(36)38(41,42)45(31)34/h7-10,13-20H,5-6,11-12H2,1-4H3. The maximum atomic E-state index is 7.65. The molecule has 4 aliphatic rings. The van der Waals surface area contributed by atoms with Crippen LogP contribution in [0, 0.1) is 6.92 Å². The lowest BCUT2D eigenvalue weighted by atomic mass is 9.92. The van der Waals surface area contributed by atoms with Crippen LogP contribution in [0.15, 0.2) is 60.7 Å². The van der Waals surface area contributed by atoms with Crippen molar-refractivity contribution in [2.24, 2.45) is 0 Å². The summed E-state index contributed by atoms with van der Waals surface area (Å²) >= 11 is 30.2. The van der Waals surface area contributed by atoms with Crippen molar-refractivity contribution in [3.05, 3.63) is 106 Å². The first kappa shape index (κ1) is 29.0. The predicted molar refractivity (Wildman–Crippen MR) is 200 cm³/mol. The van der Waals surface area contributed by atoms with Crippen molar-refractivity contribution in [3.8, 4) is 0 Å². The van der Waals surface area contributed by atoms with Gasteiger partial charge in [0.25, 0.3) is 0 Å². The Morgan fingerprint density at radius 3 is 1.80 bits per heavy atom. The van der Waals surface area contributed by atoms with Crippen LogP contribution in [0.3, 0.4) is 0 Å². The summed E-state index contributed by atoms with van der Waals surface area (Å²) in [5.41, 5.74) is 13.2. The molecule has 0 bridgehead atoms. The minimum atomic E-state index is -2.20. The van der Waals surface area contributed by atoms with E-state index in [2.05, 4.69) is 118 Å². The van der Waals surface area contributed by atoms with Crippen molar-refractivity contribution in [3.63, 3.8) is 0 Å². The monoisotopic (exact) mass is 682 g/mol. The molecule has 2 aromatic heterocycles. The molecule has 9 rings (SSSR count). The van der Waals surface area contributed by atoms with Crippen LogP contribution < -0.4 is 0 Å². The Balaban J connectivity index is 1.33. The summed E-state index contributed by atoms with van der Waals surface area (Å²) in [7, 11) is 0. The fourth-order valence-corrected chi connectivity index (χ4v) is 10.7. The molecule has 230 valence electrons.